The molecule has 4 nitrogen and oxygen atoms in total. The standard InChI is InChI=1S/C52H31N3OS/c1-2-12-33(13-3-1)52-54-44-18-8-9-19-45(44)55(52)38-25-22-32(23-26-38)35-28-36(34-24-27-48-42(31-34)39-14-6-11-21-47(39)57-48)30-37(29-35)50-49-41-16-5-10-20-46(41)56-51(49)40-15-4-7-17-43(40)53-50/h1-31H. The van der Waals surface area contributed by atoms with E-state index in [0.29, 0.717) is 0 Å². The molecule has 4 heterocycles. The van der Waals surface area contributed by atoms with Crippen molar-refractivity contribution >= 4 is 75.4 Å². The summed E-state index contributed by atoms with van der Waals surface area (Å²) in [6.07, 6.45) is 0. The van der Waals surface area contributed by atoms with Gasteiger partial charge in [-0.15, -0.1) is 11.3 Å². The minimum Gasteiger partial charge on any atom is -0.455 e. The predicted octanol–water partition coefficient (Wildman–Crippen LogP) is 14.5. The summed E-state index contributed by atoms with van der Waals surface area (Å²) in [6, 6.07) is 66.7. The Morgan fingerprint density at radius 1 is 0.421 bits per heavy atom. The van der Waals surface area contributed by atoms with Gasteiger partial charge in [0.25, 0.3) is 0 Å². The minimum absolute atomic E-state index is 0.857. The molecule has 12 aromatic rings. The van der Waals surface area contributed by atoms with Gasteiger partial charge in [-0.1, -0.05) is 109 Å². The van der Waals surface area contributed by atoms with Crippen molar-refractivity contribution in [1.29, 1.82) is 0 Å². The fourth-order valence-corrected chi connectivity index (χ4v) is 9.58. The summed E-state index contributed by atoms with van der Waals surface area (Å²) in [5, 5.41) is 5.66. The molecular weight excluding hydrogens is 715 g/mol. The van der Waals surface area contributed by atoms with Gasteiger partial charge in [0.15, 0.2) is 0 Å². The number of pyridine rings is 1. The third kappa shape index (κ3) is 5.13. The molecule has 8 aromatic carbocycles. The predicted molar refractivity (Wildman–Crippen MR) is 238 cm³/mol. The molecule has 5 heteroatoms. The summed E-state index contributed by atoms with van der Waals surface area (Å²) in [5.41, 5.74) is 13.3. The summed E-state index contributed by atoms with van der Waals surface area (Å²) < 4.78 is 11.5. The van der Waals surface area contributed by atoms with Crippen molar-refractivity contribution in [2.24, 2.45) is 0 Å². The number of furan rings is 1. The Bertz CT molecular complexity index is 3520. The minimum atomic E-state index is 0.857. The quantitative estimate of drug-likeness (QED) is 0.176. The third-order valence-electron chi connectivity index (χ3n) is 11.2. The van der Waals surface area contributed by atoms with E-state index in [1.165, 1.54) is 20.2 Å². The van der Waals surface area contributed by atoms with E-state index in [-0.39, 0.29) is 0 Å². The molecule has 12 rings (SSSR count). The first kappa shape index (κ1) is 32.0. The highest BCUT2D eigenvalue weighted by atomic mass is 32.1. The van der Waals surface area contributed by atoms with Crippen molar-refractivity contribution in [3.05, 3.63) is 188 Å². The smallest absolute Gasteiger partial charge is 0.147 e. The molecule has 0 radical (unpaired) electrons. The first-order chi connectivity index (χ1) is 28.2. The Kier molecular flexibility index (Phi) is 7.06. The van der Waals surface area contributed by atoms with Gasteiger partial charge < -0.3 is 4.42 Å². The van der Waals surface area contributed by atoms with Gasteiger partial charge in [-0.2, -0.15) is 0 Å². The zero-order valence-corrected chi connectivity index (χ0v) is 31.4. The van der Waals surface area contributed by atoms with E-state index in [1.807, 2.05) is 41.7 Å². The Morgan fingerprint density at radius 2 is 1.07 bits per heavy atom. The molecule has 57 heavy (non-hydrogen) atoms. The molecule has 0 aliphatic heterocycles. The van der Waals surface area contributed by atoms with Crippen molar-refractivity contribution in [3.63, 3.8) is 0 Å². The molecule has 0 saturated carbocycles. The lowest BCUT2D eigenvalue weighted by Gasteiger charge is -2.14. The summed E-state index contributed by atoms with van der Waals surface area (Å²) in [5.74, 6) is 0.920. The van der Waals surface area contributed by atoms with Crippen LogP contribution in [0.25, 0.3) is 115 Å². The van der Waals surface area contributed by atoms with Gasteiger partial charge in [-0.3, -0.25) is 4.57 Å². The van der Waals surface area contributed by atoms with Crippen LogP contribution in [0.3, 0.4) is 0 Å². The molecular formula is C52H31N3OS. The molecule has 0 saturated heterocycles. The van der Waals surface area contributed by atoms with Crippen LogP contribution in [-0.2, 0) is 0 Å². The van der Waals surface area contributed by atoms with E-state index in [9.17, 15) is 0 Å². The van der Waals surface area contributed by atoms with Crippen LogP contribution in [0.4, 0.5) is 0 Å². The summed E-state index contributed by atoms with van der Waals surface area (Å²) >= 11 is 1.84. The summed E-state index contributed by atoms with van der Waals surface area (Å²) in [7, 11) is 0. The normalized spacial score (nSPS) is 11.9. The number of hydrogen-bond donors (Lipinski definition) is 0. The van der Waals surface area contributed by atoms with Gasteiger partial charge in [-0.05, 0) is 101 Å². The number of nitrogens with zero attached hydrogens (tertiary/aromatic N) is 3. The van der Waals surface area contributed by atoms with Gasteiger partial charge in [0, 0.05) is 47.8 Å². The molecule has 0 bridgehead atoms. The monoisotopic (exact) mass is 745 g/mol. The number of thiophene rings is 1. The lowest BCUT2D eigenvalue weighted by molar-refractivity contribution is 0.672. The Morgan fingerprint density at radius 3 is 1.93 bits per heavy atom. The molecule has 0 N–H and O–H groups in total. The zero-order valence-electron chi connectivity index (χ0n) is 30.6. The maximum atomic E-state index is 6.61. The summed E-state index contributed by atoms with van der Waals surface area (Å²) in [4.78, 5) is 10.5. The second-order valence-corrected chi connectivity index (χ2v) is 15.6. The number of fused-ring (bicyclic) bond motifs is 9. The van der Waals surface area contributed by atoms with Crippen molar-refractivity contribution in [2.45, 2.75) is 0 Å². The maximum Gasteiger partial charge on any atom is 0.147 e. The van der Waals surface area contributed by atoms with Crippen molar-refractivity contribution in [3.8, 4) is 50.6 Å². The number of hydrogen-bond acceptors (Lipinski definition) is 4. The van der Waals surface area contributed by atoms with Gasteiger partial charge in [0.1, 0.15) is 17.0 Å². The molecule has 266 valence electrons. The van der Waals surface area contributed by atoms with E-state index >= 15 is 0 Å². The lowest BCUT2D eigenvalue weighted by atomic mass is 9.92. The van der Waals surface area contributed by atoms with Crippen LogP contribution in [-0.4, -0.2) is 14.5 Å². The molecule has 0 fully saturated rings. The highest BCUT2D eigenvalue weighted by Gasteiger charge is 2.20. The van der Waals surface area contributed by atoms with Crippen molar-refractivity contribution in [1.82, 2.24) is 14.5 Å². The molecule has 0 aliphatic carbocycles. The maximum absolute atomic E-state index is 6.61. The molecule has 0 spiro atoms. The topological polar surface area (TPSA) is 43.9 Å². The number of para-hydroxylation sites is 4. The van der Waals surface area contributed by atoms with Crippen LogP contribution in [0.15, 0.2) is 192 Å². The number of imidazole rings is 1. The van der Waals surface area contributed by atoms with Crippen molar-refractivity contribution in [2.75, 3.05) is 0 Å². The average molecular weight is 746 g/mol. The van der Waals surface area contributed by atoms with E-state index in [4.69, 9.17) is 14.4 Å². The second kappa shape index (κ2) is 12.6. The fraction of sp³-hybridized carbons (Fsp3) is 0. The van der Waals surface area contributed by atoms with Gasteiger partial charge >= 0.3 is 0 Å². The van der Waals surface area contributed by atoms with Crippen LogP contribution in [0.1, 0.15) is 0 Å². The molecule has 4 aromatic heterocycles. The van der Waals surface area contributed by atoms with Crippen LogP contribution in [0.5, 0.6) is 0 Å². The fourth-order valence-electron chi connectivity index (χ4n) is 8.49. The van der Waals surface area contributed by atoms with Gasteiger partial charge in [0.2, 0.25) is 0 Å². The summed E-state index contributed by atoms with van der Waals surface area (Å²) in [6.45, 7) is 0. The Hall–Kier alpha value is -7.34. The van der Waals surface area contributed by atoms with Crippen LogP contribution >= 0.6 is 11.3 Å². The second-order valence-electron chi connectivity index (χ2n) is 14.6. The zero-order chi connectivity index (χ0) is 37.5. The highest BCUT2D eigenvalue weighted by molar-refractivity contribution is 7.25. The molecule has 0 unspecified atom stereocenters. The third-order valence-corrected chi connectivity index (χ3v) is 12.3. The largest absolute Gasteiger partial charge is 0.455 e. The van der Waals surface area contributed by atoms with Gasteiger partial charge in [0.05, 0.1) is 27.6 Å². The van der Waals surface area contributed by atoms with Crippen molar-refractivity contribution < 1.29 is 4.42 Å². The highest BCUT2D eigenvalue weighted by Crippen LogP contribution is 2.43. The Balaban J connectivity index is 1.08. The SMILES string of the molecule is c1ccc(-c2nc3ccccc3n2-c2ccc(-c3cc(-c4ccc5sc6ccccc6c5c4)cc(-c4nc5ccccc5c5oc6ccccc6c45)c3)cc2)cc1. The van der Waals surface area contributed by atoms with E-state index in [1.54, 1.807) is 0 Å². The lowest BCUT2D eigenvalue weighted by Crippen LogP contribution is -1.97. The van der Waals surface area contributed by atoms with Crippen LogP contribution < -0.4 is 0 Å². The van der Waals surface area contributed by atoms with Crippen LogP contribution in [0.2, 0.25) is 0 Å². The van der Waals surface area contributed by atoms with E-state index in [0.717, 1.165) is 94.5 Å². The molecule has 0 amide bonds. The number of rotatable bonds is 5. The first-order valence-electron chi connectivity index (χ1n) is 19.1. The van der Waals surface area contributed by atoms with E-state index in [2.05, 4.69) is 162 Å². The van der Waals surface area contributed by atoms with Crippen LogP contribution in [0, 0.1) is 0 Å². The Labute approximate surface area is 331 Å². The first-order valence-corrected chi connectivity index (χ1v) is 20.0. The average Bonchev–Trinajstić information content (AvgIpc) is 3.98. The number of aromatic nitrogens is 3. The molecule has 0 atom stereocenters. The van der Waals surface area contributed by atoms with Gasteiger partial charge in [-0.25, -0.2) is 9.97 Å². The number of benzene rings is 8. The van der Waals surface area contributed by atoms with E-state index < -0.39 is 0 Å². The molecule has 0 aliphatic rings.